The van der Waals surface area contributed by atoms with Gasteiger partial charge in [-0.25, -0.2) is 9.80 Å². The average molecular weight is 304 g/mol. The van der Waals surface area contributed by atoms with Crippen LogP contribution in [0.4, 0.5) is 16.2 Å². The molecule has 7 nitrogen and oxygen atoms in total. The predicted octanol–water partition coefficient (Wildman–Crippen LogP) is 1.39. The Morgan fingerprint density at radius 1 is 1.41 bits per heavy atom. The van der Waals surface area contributed by atoms with Gasteiger partial charge in [0.15, 0.2) is 0 Å². The molecule has 1 aromatic rings. The van der Waals surface area contributed by atoms with Crippen molar-refractivity contribution in [3.8, 4) is 0 Å². The van der Waals surface area contributed by atoms with Crippen LogP contribution in [-0.2, 0) is 6.42 Å². The molecule has 1 heterocycles. The second-order valence-electron chi connectivity index (χ2n) is 5.18. The molecule has 0 aliphatic carbocycles. The van der Waals surface area contributed by atoms with Gasteiger partial charge in [0.1, 0.15) is 0 Å². The van der Waals surface area contributed by atoms with Crippen molar-refractivity contribution < 1.29 is 4.79 Å². The SMILES string of the molecule is CCCc1cccc(N2NNNC2=O)c1N(C)CC/C=C\N. The summed E-state index contributed by atoms with van der Waals surface area (Å²) in [6.45, 7) is 2.97. The second-order valence-corrected chi connectivity index (χ2v) is 5.18. The maximum absolute atomic E-state index is 11.9. The number of urea groups is 1. The zero-order chi connectivity index (χ0) is 15.9. The summed E-state index contributed by atoms with van der Waals surface area (Å²) in [4.78, 5) is 14.1. The molecule has 5 N–H and O–H groups in total. The fraction of sp³-hybridized carbons (Fsp3) is 0.400. The molecule has 2 rings (SSSR count). The van der Waals surface area contributed by atoms with Crippen LogP contribution in [0, 0.1) is 0 Å². The Morgan fingerprint density at radius 2 is 2.23 bits per heavy atom. The molecule has 0 aromatic heterocycles. The quantitative estimate of drug-likeness (QED) is 0.612. The van der Waals surface area contributed by atoms with Crippen molar-refractivity contribution in [1.82, 2.24) is 16.5 Å². The Kier molecular flexibility index (Phi) is 5.62. The lowest BCUT2D eigenvalue weighted by molar-refractivity contribution is 0.250. The largest absolute Gasteiger partial charge is 0.405 e. The van der Waals surface area contributed by atoms with Gasteiger partial charge in [-0.2, -0.15) is 0 Å². The zero-order valence-electron chi connectivity index (χ0n) is 13.1. The highest BCUT2D eigenvalue weighted by atomic mass is 16.2. The van der Waals surface area contributed by atoms with Gasteiger partial charge in [0.25, 0.3) is 0 Å². The molecule has 22 heavy (non-hydrogen) atoms. The molecule has 1 fully saturated rings. The number of amides is 2. The van der Waals surface area contributed by atoms with Gasteiger partial charge in [-0.15, -0.1) is 11.1 Å². The molecular weight excluding hydrogens is 280 g/mol. The van der Waals surface area contributed by atoms with E-state index in [1.165, 1.54) is 10.6 Å². The number of benzene rings is 1. The molecule has 1 aromatic carbocycles. The number of hydrogen-bond donors (Lipinski definition) is 4. The van der Waals surface area contributed by atoms with Crippen molar-refractivity contribution in [2.75, 3.05) is 23.5 Å². The first-order valence-electron chi connectivity index (χ1n) is 7.49. The van der Waals surface area contributed by atoms with Gasteiger partial charge in [-0.1, -0.05) is 31.6 Å². The molecule has 0 saturated carbocycles. The van der Waals surface area contributed by atoms with E-state index in [-0.39, 0.29) is 6.03 Å². The molecule has 0 bridgehead atoms. The summed E-state index contributed by atoms with van der Waals surface area (Å²) in [6.07, 6.45) is 6.35. The molecule has 1 aliphatic rings. The van der Waals surface area contributed by atoms with Gasteiger partial charge >= 0.3 is 6.03 Å². The summed E-state index contributed by atoms with van der Waals surface area (Å²) >= 11 is 0. The Balaban J connectivity index is 2.35. The average Bonchev–Trinajstić information content (AvgIpc) is 2.93. The normalized spacial score (nSPS) is 14.6. The third-order valence-electron chi connectivity index (χ3n) is 3.55. The van der Waals surface area contributed by atoms with E-state index in [0.29, 0.717) is 0 Å². The minimum atomic E-state index is -0.231. The summed E-state index contributed by atoms with van der Waals surface area (Å²) in [5.74, 6) is 0. The van der Waals surface area contributed by atoms with E-state index in [4.69, 9.17) is 5.73 Å². The zero-order valence-corrected chi connectivity index (χ0v) is 13.1. The van der Waals surface area contributed by atoms with E-state index >= 15 is 0 Å². The first kappa shape index (κ1) is 16.1. The lowest BCUT2D eigenvalue weighted by Crippen LogP contribution is -2.39. The number of anilines is 2. The number of aryl methyl sites for hydroxylation is 1. The number of para-hydroxylation sites is 1. The summed E-state index contributed by atoms with van der Waals surface area (Å²) in [7, 11) is 2.03. The number of nitrogens with zero attached hydrogens (tertiary/aromatic N) is 2. The molecule has 0 atom stereocenters. The summed E-state index contributed by atoms with van der Waals surface area (Å²) in [5.41, 5.74) is 16.5. The topological polar surface area (TPSA) is 85.7 Å². The van der Waals surface area contributed by atoms with Crippen molar-refractivity contribution in [3.05, 3.63) is 36.0 Å². The van der Waals surface area contributed by atoms with Crippen molar-refractivity contribution >= 4 is 17.4 Å². The number of carbonyl (C=O) groups excluding carboxylic acids is 1. The van der Waals surface area contributed by atoms with Crippen molar-refractivity contribution in [2.45, 2.75) is 26.2 Å². The third kappa shape index (κ3) is 3.49. The first-order valence-corrected chi connectivity index (χ1v) is 7.49. The number of nitrogens with one attached hydrogen (secondary N) is 3. The van der Waals surface area contributed by atoms with Gasteiger partial charge in [0.05, 0.1) is 11.4 Å². The number of carbonyl (C=O) groups is 1. The molecule has 1 saturated heterocycles. The first-order chi connectivity index (χ1) is 10.7. The molecular formula is C15H24N6O. The smallest absolute Gasteiger partial charge is 0.353 e. The summed E-state index contributed by atoms with van der Waals surface area (Å²) < 4.78 is 0. The summed E-state index contributed by atoms with van der Waals surface area (Å²) in [5, 5.41) is 1.48. The number of nitrogens with two attached hydrogens (primary N) is 1. The van der Waals surface area contributed by atoms with Crippen LogP contribution in [0.15, 0.2) is 30.5 Å². The lowest BCUT2D eigenvalue weighted by Gasteiger charge is -2.27. The number of rotatable bonds is 7. The van der Waals surface area contributed by atoms with E-state index in [1.807, 2.05) is 25.3 Å². The predicted molar refractivity (Wildman–Crippen MR) is 88.9 cm³/mol. The minimum absolute atomic E-state index is 0.231. The van der Waals surface area contributed by atoms with Gasteiger partial charge in [-0.05, 0) is 30.7 Å². The van der Waals surface area contributed by atoms with E-state index in [9.17, 15) is 4.79 Å². The van der Waals surface area contributed by atoms with Crippen LogP contribution in [0.5, 0.6) is 0 Å². The molecule has 0 spiro atoms. The van der Waals surface area contributed by atoms with E-state index in [0.717, 1.165) is 37.2 Å². The fourth-order valence-corrected chi connectivity index (χ4v) is 2.56. The second kappa shape index (κ2) is 7.67. The molecule has 0 unspecified atom stereocenters. The number of hydrogen-bond acceptors (Lipinski definition) is 5. The van der Waals surface area contributed by atoms with Crippen LogP contribution in [0.1, 0.15) is 25.3 Å². The van der Waals surface area contributed by atoms with Crippen LogP contribution in [0.2, 0.25) is 0 Å². The Hall–Kier alpha value is -2.25. The lowest BCUT2D eigenvalue weighted by atomic mass is 10.0. The Morgan fingerprint density at radius 3 is 2.86 bits per heavy atom. The maximum Gasteiger partial charge on any atom is 0.353 e. The van der Waals surface area contributed by atoms with E-state index in [1.54, 1.807) is 6.20 Å². The van der Waals surface area contributed by atoms with Gasteiger partial charge < -0.3 is 10.6 Å². The van der Waals surface area contributed by atoms with E-state index in [2.05, 4.69) is 34.4 Å². The number of hydrazine groups is 3. The fourth-order valence-electron chi connectivity index (χ4n) is 2.56. The van der Waals surface area contributed by atoms with Gasteiger partial charge in [-0.3, -0.25) is 5.43 Å². The standard InChI is InChI=1S/C15H24N6O/c1-3-7-12-8-6-9-13(21-15(22)17-18-19-21)14(12)20(2)11-5-4-10-16/h4,6,8-10,18-19H,3,5,7,11,16H2,1-2H3,(H,17,22)/b10-4-. The molecule has 0 radical (unpaired) electrons. The van der Waals surface area contributed by atoms with Crippen LogP contribution >= 0.6 is 0 Å². The van der Waals surface area contributed by atoms with Crippen molar-refractivity contribution in [1.29, 1.82) is 0 Å². The van der Waals surface area contributed by atoms with Crippen molar-refractivity contribution in [2.24, 2.45) is 5.73 Å². The highest BCUT2D eigenvalue weighted by Crippen LogP contribution is 2.33. The third-order valence-corrected chi connectivity index (χ3v) is 3.55. The van der Waals surface area contributed by atoms with Gasteiger partial charge in [0.2, 0.25) is 0 Å². The highest BCUT2D eigenvalue weighted by Gasteiger charge is 2.25. The minimum Gasteiger partial charge on any atom is -0.405 e. The van der Waals surface area contributed by atoms with Crippen molar-refractivity contribution in [3.63, 3.8) is 0 Å². The Labute approximate surface area is 131 Å². The van der Waals surface area contributed by atoms with Crippen LogP contribution < -0.4 is 32.1 Å². The van der Waals surface area contributed by atoms with Crippen LogP contribution in [-0.4, -0.2) is 19.6 Å². The Bertz CT molecular complexity index is 545. The highest BCUT2D eigenvalue weighted by molar-refractivity contribution is 5.96. The monoisotopic (exact) mass is 304 g/mol. The molecule has 120 valence electrons. The van der Waals surface area contributed by atoms with Gasteiger partial charge in [0, 0.05) is 13.6 Å². The van der Waals surface area contributed by atoms with E-state index < -0.39 is 0 Å². The molecule has 1 aliphatic heterocycles. The molecule has 7 heteroatoms. The maximum atomic E-state index is 11.9. The molecule has 2 amide bonds. The van der Waals surface area contributed by atoms with Crippen LogP contribution in [0.3, 0.4) is 0 Å². The van der Waals surface area contributed by atoms with Crippen LogP contribution in [0.25, 0.3) is 0 Å². The summed E-state index contributed by atoms with van der Waals surface area (Å²) in [6, 6.07) is 5.79.